The van der Waals surface area contributed by atoms with Gasteiger partial charge in [-0.1, -0.05) is 78.7 Å². The predicted octanol–water partition coefficient (Wildman–Crippen LogP) is 6.41. The van der Waals surface area contributed by atoms with Crippen molar-refractivity contribution in [1.82, 2.24) is 10.2 Å². The van der Waals surface area contributed by atoms with Crippen molar-refractivity contribution in [2.45, 2.75) is 57.1 Å². The molecule has 0 saturated heterocycles. The third-order valence-corrected chi connectivity index (χ3v) is 9.83. The van der Waals surface area contributed by atoms with Crippen molar-refractivity contribution in [1.29, 1.82) is 0 Å². The molecule has 10 heteroatoms. The summed E-state index contributed by atoms with van der Waals surface area (Å²) in [7, 11) is -2.75. The number of ether oxygens (including phenoxy) is 1. The van der Waals surface area contributed by atoms with E-state index in [1.54, 1.807) is 36.4 Å². The Bertz CT molecular complexity index is 1700. The summed E-state index contributed by atoms with van der Waals surface area (Å²) in [6.45, 7) is 5.40. The summed E-state index contributed by atoms with van der Waals surface area (Å²) < 4.78 is 34.6. The Balaban J connectivity index is 1.80. The largest absolute Gasteiger partial charge is 0.497 e. The average Bonchev–Trinajstić information content (AvgIpc) is 3.06. The highest BCUT2D eigenvalue weighted by molar-refractivity contribution is 7.92. The minimum atomic E-state index is -4.24. The van der Waals surface area contributed by atoms with Crippen LogP contribution in [0.3, 0.4) is 0 Å². The molecule has 46 heavy (non-hydrogen) atoms. The Morgan fingerprint density at radius 1 is 0.870 bits per heavy atom. The van der Waals surface area contributed by atoms with Crippen molar-refractivity contribution in [3.63, 3.8) is 0 Å². The molecule has 4 aromatic carbocycles. The molecular formula is C36H40ClN3O5S. The third kappa shape index (κ3) is 8.89. The normalized spacial score (nSPS) is 12.5. The SMILES string of the molecule is CC[C@@H](C)NC(=O)[C@H](Cc1ccccc1)N(Cc1ccc(C)cc1)C(=O)CN(c1ccc(Cl)cc1)S(=O)(=O)c1ccc(OC)cc1. The van der Waals surface area contributed by atoms with Gasteiger partial charge in [0, 0.05) is 24.0 Å². The van der Waals surface area contributed by atoms with Crippen LogP contribution in [0.2, 0.25) is 5.02 Å². The van der Waals surface area contributed by atoms with Gasteiger partial charge in [0.2, 0.25) is 11.8 Å². The van der Waals surface area contributed by atoms with E-state index in [1.807, 2.05) is 75.4 Å². The number of hydrogen-bond acceptors (Lipinski definition) is 5. The van der Waals surface area contributed by atoms with Gasteiger partial charge in [0.15, 0.2) is 0 Å². The number of carbonyl (C=O) groups excluding carboxylic acids is 2. The molecule has 1 N–H and O–H groups in total. The van der Waals surface area contributed by atoms with Gasteiger partial charge in [-0.05, 0) is 79.9 Å². The first-order chi connectivity index (χ1) is 22.0. The second-order valence-electron chi connectivity index (χ2n) is 11.2. The van der Waals surface area contributed by atoms with Gasteiger partial charge in [-0.3, -0.25) is 13.9 Å². The molecule has 0 aliphatic rings. The summed E-state index contributed by atoms with van der Waals surface area (Å²) in [5.41, 5.74) is 2.99. The second-order valence-corrected chi connectivity index (χ2v) is 13.5. The molecule has 0 fully saturated rings. The number of halogens is 1. The molecule has 0 aliphatic heterocycles. The Morgan fingerprint density at radius 3 is 2.09 bits per heavy atom. The van der Waals surface area contributed by atoms with E-state index in [0.29, 0.717) is 17.2 Å². The van der Waals surface area contributed by atoms with E-state index in [2.05, 4.69) is 5.32 Å². The van der Waals surface area contributed by atoms with Crippen molar-refractivity contribution in [3.05, 3.63) is 125 Å². The molecular weight excluding hydrogens is 622 g/mol. The minimum absolute atomic E-state index is 0.0171. The lowest BCUT2D eigenvalue weighted by Gasteiger charge is -2.34. The third-order valence-electron chi connectivity index (χ3n) is 7.79. The number of hydrogen-bond donors (Lipinski definition) is 1. The highest BCUT2D eigenvalue weighted by Crippen LogP contribution is 2.27. The van der Waals surface area contributed by atoms with Crippen LogP contribution < -0.4 is 14.4 Å². The number of nitrogens with one attached hydrogen (secondary N) is 1. The van der Waals surface area contributed by atoms with Crippen LogP contribution in [0.4, 0.5) is 5.69 Å². The van der Waals surface area contributed by atoms with Gasteiger partial charge in [-0.25, -0.2) is 8.42 Å². The Morgan fingerprint density at radius 2 is 1.50 bits per heavy atom. The van der Waals surface area contributed by atoms with Crippen LogP contribution in [0, 0.1) is 6.92 Å². The lowest BCUT2D eigenvalue weighted by molar-refractivity contribution is -0.140. The van der Waals surface area contributed by atoms with Crippen LogP contribution in [-0.4, -0.2) is 50.9 Å². The molecule has 4 rings (SSSR count). The van der Waals surface area contributed by atoms with Crippen LogP contribution in [0.15, 0.2) is 108 Å². The number of methoxy groups -OCH3 is 1. The Kier molecular flexibility index (Phi) is 11.8. The maximum absolute atomic E-state index is 14.5. The maximum Gasteiger partial charge on any atom is 0.264 e. The number of rotatable bonds is 14. The first-order valence-corrected chi connectivity index (χ1v) is 16.9. The van der Waals surface area contributed by atoms with Crippen molar-refractivity contribution < 1.29 is 22.7 Å². The molecule has 0 bridgehead atoms. The minimum Gasteiger partial charge on any atom is -0.497 e. The van der Waals surface area contributed by atoms with Crippen molar-refractivity contribution >= 4 is 39.1 Å². The zero-order valence-corrected chi connectivity index (χ0v) is 28.1. The molecule has 0 aliphatic carbocycles. The van der Waals surface area contributed by atoms with Gasteiger partial charge in [-0.15, -0.1) is 0 Å². The van der Waals surface area contributed by atoms with E-state index in [0.717, 1.165) is 21.0 Å². The van der Waals surface area contributed by atoms with E-state index in [1.165, 1.54) is 24.1 Å². The number of anilines is 1. The monoisotopic (exact) mass is 661 g/mol. The molecule has 2 atom stereocenters. The fourth-order valence-electron chi connectivity index (χ4n) is 4.90. The molecule has 242 valence electrons. The van der Waals surface area contributed by atoms with Crippen molar-refractivity contribution in [2.24, 2.45) is 0 Å². The summed E-state index contributed by atoms with van der Waals surface area (Å²) in [5, 5.41) is 3.47. The van der Waals surface area contributed by atoms with E-state index in [-0.39, 0.29) is 35.5 Å². The summed E-state index contributed by atoms with van der Waals surface area (Å²) >= 11 is 6.14. The number of nitrogens with zero attached hydrogens (tertiary/aromatic N) is 2. The lowest BCUT2D eigenvalue weighted by atomic mass is 10.0. The highest BCUT2D eigenvalue weighted by atomic mass is 35.5. The molecule has 0 heterocycles. The smallest absolute Gasteiger partial charge is 0.264 e. The molecule has 0 unspecified atom stereocenters. The number of aryl methyl sites for hydroxylation is 1. The van der Waals surface area contributed by atoms with Crippen LogP contribution in [0.1, 0.15) is 37.0 Å². The van der Waals surface area contributed by atoms with Crippen LogP contribution in [0.25, 0.3) is 0 Å². The van der Waals surface area contributed by atoms with Crippen molar-refractivity contribution in [2.75, 3.05) is 18.0 Å². The van der Waals surface area contributed by atoms with Gasteiger partial charge >= 0.3 is 0 Å². The lowest BCUT2D eigenvalue weighted by Crippen LogP contribution is -2.54. The average molecular weight is 662 g/mol. The zero-order chi connectivity index (χ0) is 33.3. The van der Waals surface area contributed by atoms with Crippen LogP contribution in [0.5, 0.6) is 5.75 Å². The van der Waals surface area contributed by atoms with Gasteiger partial charge in [0.05, 0.1) is 17.7 Å². The summed E-state index contributed by atoms with van der Waals surface area (Å²) in [5.74, 6) is -0.351. The molecule has 8 nitrogen and oxygen atoms in total. The first-order valence-electron chi connectivity index (χ1n) is 15.1. The van der Waals surface area contributed by atoms with E-state index in [9.17, 15) is 18.0 Å². The molecule has 2 amide bonds. The molecule has 0 aromatic heterocycles. The van der Waals surface area contributed by atoms with Crippen molar-refractivity contribution in [3.8, 4) is 5.75 Å². The predicted molar refractivity (Wildman–Crippen MR) is 183 cm³/mol. The number of amides is 2. The first kappa shape index (κ1) is 34.5. The zero-order valence-electron chi connectivity index (χ0n) is 26.5. The topological polar surface area (TPSA) is 96.0 Å². The number of sulfonamides is 1. The molecule has 0 saturated carbocycles. The summed E-state index contributed by atoms with van der Waals surface area (Å²) in [4.78, 5) is 29.9. The highest BCUT2D eigenvalue weighted by Gasteiger charge is 2.35. The Hall–Kier alpha value is -4.34. The summed E-state index contributed by atoms with van der Waals surface area (Å²) in [6, 6.07) is 28.4. The number of benzene rings is 4. The molecule has 0 spiro atoms. The van der Waals surface area contributed by atoms with Gasteiger partial charge in [0.1, 0.15) is 18.3 Å². The standard InChI is InChI=1S/C36H40ClN3O5S/c1-5-27(3)38-36(42)34(23-28-9-7-6-8-10-28)39(24-29-13-11-26(2)12-14-29)35(41)25-40(31-17-15-30(37)16-18-31)46(43,44)33-21-19-32(45-4)20-22-33/h6-22,27,34H,5,23-25H2,1-4H3,(H,38,42)/t27-,34+/m1/s1. The summed E-state index contributed by atoms with van der Waals surface area (Å²) in [6.07, 6.45) is 0.951. The quantitative estimate of drug-likeness (QED) is 0.169. The van der Waals surface area contributed by atoms with E-state index >= 15 is 0 Å². The number of carbonyl (C=O) groups is 2. The maximum atomic E-state index is 14.5. The van der Waals surface area contributed by atoms with Crippen LogP contribution in [-0.2, 0) is 32.6 Å². The second kappa shape index (κ2) is 15.8. The van der Waals surface area contributed by atoms with E-state index in [4.69, 9.17) is 16.3 Å². The van der Waals surface area contributed by atoms with Crippen LogP contribution >= 0.6 is 11.6 Å². The van der Waals surface area contributed by atoms with Gasteiger partial charge in [0.25, 0.3) is 10.0 Å². The van der Waals surface area contributed by atoms with Gasteiger partial charge < -0.3 is 15.0 Å². The fraction of sp³-hybridized carbons (Fsp3) is 0.278. The van der Waals surface area contributed by atoms with Gasteiger partial charge in [-0.2, -0.15) is 0 Å². The molecule has 4 aromatic rings. The fourth-order valence-corrected chi connectivity index (χ4v) is 6.44. The van der Waals surface area contributed by atoms with E-state index < -0.39 is 28.5 Å². The Labute approximate surface area is 277 Å². The molecule has 0 radical (unpaired) electrons.